The van der Waals surface area contributed by atoms with Crippen LogP contribution in [0.15, 0.2) is 27.1 Å². The van der Waals surface area contributed by atoms with Crippen molar-refractivity contribution in [3.8, 4) is 0 Å². The number of benzene rings is 1. The Kier molecular flexibility index (Phi) is 3.69. The number of nitrogens with zero attached hydrogens (tertiary/aromatic N) is 1. The molecule has 1 aliphatic heterocycles. The van der Waals surface area contributed by atoms with Crippen LogP contribution in [0.2, 0.25) is 0 Å². The van der Waals surface area contributed by atoms with Crippen LogP contribution in [-0.2, 0) is 0 Å². The third-order valence-corrected chi connectivity index (χ3v) is 4.00. The van der Waals surface area contributed by atoms with E-state index in [4.69, 9.17) is 5.73 Å². The normalized spacial score (nSPS) is 21.0. The summed E-state index contributed by atoms with van der Waals surface area (Å²) in [6, 6.07) is 6.31. The fourth-order valence-corrected chi connectivity index (χ4v) is 3.28. The van der Waals surface area contributed by atoms with Crippen molar-refractivity contribution in [2.75, 3.05) is 24.5 Å². The van der Waals surface area contributed by atoms with E-state index in [-0.39, 0.29) is 0 Å². The Morgan fingerprint density at radius 1 is 1.40 bits per heavy atom. The van der Waals surface area contributed by atoms with Crippen molar-refractivity contribution >= 4 is 37.5 Å². The van der Waals surface area contributed by atoms with Crippen LogP contribution in [0.3, 0.4) is 0 Å². The predicted molar refractivity (Wildman–Crippen MR) is 71.2 cm³/mol. The van der Waals surface area contributed by atoms with E-state index >= 15 is 0 Å². The molecule has 1 fully saturated rings. The molecule has 0 spiro atoms. The van der Waals surface area contributed by atoms with Crippen molar-refractivity contribution < 1.29 is 0 Å². The quantitative estimate of drug-likeness (QED) is 0.901. The summed E-state index contributed by atoms with van der Waals surface area (Å²) in [5.41, 5.74) is 6.96. The Labute approximate surface area is 107 Å². The van der Waals surface area contributed by atoms with Gasteiger partial charge in [0.1, 0.15) is 0 Å². The molecule has 2 N–H and O–H groups in total. The number of hydrogen-bond donors (Lipinski definition) is 1. The van der Waals surface area contributed by atoms with Gasteiger partial charge in [-0.15, -0.1) is 0 Å². The standard InChI is InChI=1S/C11H14Br2N2/c12-9-1-2-11(10(13)5-9)15-4-3-8(6-14)7-15/h1-2,5,8H,3-4,6-7,14H2. The second-order valence-corrected chi connectivity index (χ2v) is 5.70. The molecule has 0 aliphatic carbocycles. The summed E-state index contributed by atoms with van der Waals surface area (Å²) in [5.74, 6) is 0.653. The highest BCUT2D eigenvalue weighted by Crippen LogP contribution is 2.32. The lowest BCUT2D eigenvalue weighted by molar-refractivity contribution is 0.602. The molecule has 1 heterocycles. The van der Waals surface area contributed by atoms with Gasteiger partial charge in [-0.25, -0.2) is 0 Å². The van der Waals surface area contributed by atoms with Gasteiger partial charge in [-0.1, -0.05) is 15.9 Å². The third kappa shape index (κ3) is 2.55. The topological polar surface area (TPSA) is 29.3 Å². The van der Waals surface area contributed by atoms with Crippen molar-refractivity contribution in [1.29, 1.82) is 0 Å². The van der Waals surface area contributed by atoms with E-state index in [9.17, 15) is 0 Å². The Balaban J connectivity index is 2.17. The minimum Gasteiger partial charge on any atom is -0.370 e. The van der Waals surface area contributed by atoms with Gasteiger partial charge in [0.05, 0.1) is 5.69 Å². The fourth-order valence-electron chi connectivity index (χ4n) is 1.98. The van der Waals surface area contributed by atoms with Gasteiger partial charge in [-0.2, -0.15) is 0 Å². The van der Waals surface area contributed by atoms with E-state index < -0.39 is 0 Å². The first-order valence-corrected chi connectivity index (χ1v) is 6.69. The summed E-state index contributed by atoms with van der Waals surface area (Å²) in [6.07, 6.45) is 1.21. The fraction of sp³-hybridized carbons (Fsp3) is 0.455. The molecule has 2 nitrogen and oxygen atoms in total. The van der Waals surface area contributed by atoms with Crippen molar-refractivity contribution in [2.45, 2.75) is 6.42 Å². The van der Waals surface area contributed by atoms with Crippen molar-refractivity contribution in [3.05, 3.63) is 27.1 Å². The van der Waals surface area contributed by atoms with Crippen LogP contribution in [0.1, 0.15) is 6.42 Å². The van der Waals surface area contributed by atoms with Crippen LogP contribution in [-0.4, -0.2) is 19.6 Å². The minimum absolute atomic E-state index is 0.653. The Morgan fingerprint density at radius 3 is 2.80 bits per heavy atom. The smallest absolute Gasteiger partial charge is 0.0511 e. The first-order valence-electron chi connectivity index (χ1n) is 5.11. The maximum atomic E-state index is 5.69. The number of rotatable bonds is 2. The van der Waals surface area contributed by atoms with Crippen LogP contribution < -0.4 is 10.6 Å². The number of halogens is 2. The molecule has 0 aromatic heterocycles. The summed E-state index contributed by atoms with van der Waals surface area (Å²) < 4.78 is 2.25. The van der Waals surface area contributed by atoms with Crippen LogP contribution in [0.25, 0.3) is 0 Å². The molecule has 15 heavy (non-hydrogen) atoms. The molecular weight excluding hydrogens is 320 g/mol. The molecule has 2 rings (SSSR count). The second kappa shape index (κ2) is 4.85. The molecule has 0 saturated carbocycles. The van der Waals surface area contributed by atoms with Crippen molar-refractivity contribution in [3.63, 3.8) is 0 Å². The van der Waals surface area contributed by atoms with Crippen molar-refractivity contribution in [2.24, 2.45) is 11.7 Å². The summed E-state index contributed by atoms with van der Waals surface area (Å²) in [5, 5.41) is 0. The van der Waals surface area contributed by atoms with E-state index in [2.05, 4.69) is 55.0 Å². The van der Waals surface area contributed by atoms with Gasteiger partial charge in [-0.3, -0.25) is 0 Å². The summed E-state index contributed by atoms with van der Waals surface area (Å²) in [7, 11) is 0. The van der Waals surface area contributed by atoms with Crippen LogP contribution in [0.4, 0.5) is 5.69 Å². The first-order chi connectivity index (χ1) is 7.20. The van der Waals surface area contributed by atoms with Gasteiger partial charge < -0.3 is 10.6 Å². The van der Waals surface area contributed by atoms with Crippen LogP contribution in [0.5, 0.6) is 0 Å². The molecule has 1 aliphatic rings. The number of anilines is 1. The minimum atomic E-state index is 0.653. The van der Waals surface area contributed by atoms with Gasteiger partial charge in [0.15, 0.2) is 0 Å². The molecule has 1 aromatic rings. The summed E-state index contributed by atoms with van der Waals surface area (Å²) >= 11 is 7.06. The lowest BCUT2D eigenvalue weighted by Crippen LogP contribution is -2.22. The SMILES string of the molecule is NCC1CCN(c2ccc(Br)cc2Br)C1. The molecule has 1 atom stereocenters. The molecule has 1 saturated heterocycles. The molecule has 0 amide bonds. The van der Waals surface area contributed by atoms with Gasteiger partial charge in [-0.05, 0) is 53.0 Å². The molecular formula is C11H14Br2N2. The Morgan fingerprint density at radius 2 is 2.20 bits per heavy atom. The molecule has 4 heteroatoms. The monoisotopic (exact) mass is 332 g/mol. The maximum Gasteiger partial charge on any atom is 0.0511 e. The molecule has 1 aromatic carbocycles. The summed E-state index contributed by atoms with van der Waals surface area (Å²) in [6.45, 7) is 2.99. The molecule has 82 valence electrons. The van der Waals surface area contributed by atoms with Gasteiger partial charge in [0.2, 0.25) is 0 Å². The van der Waals surface area contributed by atoms with Crippen LogP contribution >= 0.6 is 31.9 Å². The average molecular weight is 334 g/mol. The van der Waals surface area contributed by atoms with Crippen molar-refractivity contribution in [1.82, 2.24) is 0 Å². The predicted octanol–water partition coefficient (Wildman–Crippen LogP) is 3.00. The second-order valence-electron chi connectivity index (χ2n) is 3.93. The highest BCUT2D eigenvalue weighted by atomic mass is 79.9. The van der Waals surface area contributed by atoms with E-state index in [1.165, 1.54) is 12.1 Å². The van der Waals surface area contributed by atoms with E-state index in [1.807, 2.05) is 0 Å². The van der Waals surface area contributed by atoms with Gasteiger partial charge >= 0.3 is 0 Å². The molecule has 0 radical (unpaired) electrons. The number of hydrogen-bond acceptors (Lipinski definition) is 2. The Hall–Kier alpha value is -0.0600. The van der Waals surface area contributed by atoms with Gasteiger partial charge in [0.25, 0.3) is 0 Å². The lowest BCUT2D eigenvalue weighted by Gasteiger charge is -2.20. The third-order valence-electron chi connectivity index (χ3n) is 2.87. The lowest BCUT2D eigenvalue weighted by atomic mass is 10.1. The zero-order valence-corrected chi connectivity index (χ0v) is 11.6. The van der Waals surface area contributed by atoms with E-state index in [0.717, 1.165) is 28.6 Å². The Bertz CT molecular complexity index is 354. The zero-order chi connectivity index (χ0) is 10.8. The highest BCUT2D eigenvalue weighted by molar-refractivity contribution is 9.11. The average Bonchev–Trinajstić information content (AvgIpc) is 2.66. The highest BCUT2D eigenvalue weighted by Gasteiger charge is 2.22. The first kappa shape index (κ1) is 11.4. The van der Waals surface area contributed by atoms with E-state index in [1.54, 1.807) is 0 Å². The van der Waals surface area contributed by atoms with Gasteiger partial charge in [0, 0.05) is 22.0 Å². The summed E-state index contributed by atoms with van der Waals surface area (Å²) in [4.78, 5) is 2.40. The molecule has 0 bridgehead atoms. The zero-order valence-electron chi connectivity index (χ0n) is 8.42. The largest absolute Gasteiger partial charge is 0.370 e. The number of nitrogens with two attached hydrogens (primary N) is 1. The van der Waals surface area contributed by atoms with E-state index in [0.29, 0.717) is 5.92 Å². The maximum absolute atomic E-state index is 5.69. The molecule has 1 unspecified atom stereocenters. The van der Waals surface area contributed by atoms with Crippen LogP contribution in [0, 0.1) is 5.92 Å².